The average Bonchev–Trinajstić information content (AvgIpc) is 2.89. The smallest absolute Gasteiger partial charge is 0.335 e. The fourth-order valence-corrected chi connectivity index (χ4v) is 4.62. The standard InChI is InChI=1S/C25H16ClIN4O9/c1-2-39-21-11-13(9-15-23(32)28-25(34)29(24(15)33)18-6-4-3-5-16(18)26)10-17(27)22(21)40-20-8-7-14(30(35)36)12-19(20)31(37)38/h3-12H,2H2,1H3,(H,28,32,34)/b15-9+. The predicted octanol–water partition coefficient (Wildman–Crippen LogP) is 5.62. The molecule has 1 aliphatic heterocycles. The molecule has 3 aromatic rings. The van der Waals surface area contributed by atoms with E-state index in [0.29, 0.717) is 9.13 Å². The van der Waals surface area contributed by atoms with Gasteiger partial charge < -0.3 is 9.47 Å². The van der Waals surface area contributed by atoms with Crippen LogP contribution in [0.3, 0.4) is 0 Å². The van der Waals surface area contributed by atoms with Crippen molar-refractivity contribution in [2.24, 2.45) is 0 Å². The van der Waals surface area contributed by atoms with Crippen molar-refractivity contribution in [3.05, 3.63) is 94.6 Å². The van der Waals surface area contributed by atoms with Crippen molar-refractivity contribution < 1.29 is 33.7 Å². The zero-order chi connectivity index (χ0) is 29.1. The highest BCUT2D eigenvalue weighted by atomic mass is 127. The predicted molar refractivity (Wildman–Crippen MR) is 151 cm³/mol. The Hall–Kier alpha value is -4.57. The number of nitrogens with one attached hydrogen (secondary N) is 1. The molecule has 0 aromatic heterocycles. The van der Waals surface area contributed by atoms with Gasteiger partial charge in [0.2, 0.25) is 5.75 Å². The second-order valence-corrected chi connectivity index (χ2v) is 9.51. The van der Waals surface area contributed by atoms with E-state index in [1.165, 1.54) is 30.3 Å². The number of non-ortho nitro benzene ring substituents is 1. The van der Waals surface area contributed by atoms with E-state index in [1.807, 2.05) is 22.6 Å². The summed E-state index contributed by atoms with van der Waals surface area (Å²) in [6.07, 6.45) is 1.25. The van der Waals surface area contributed by atoms with E-state index in [4.69, 9.17) is 21.1 Å². The molecule has 0 atom stereocenters. The number of carbonyl (C=O) groups excluding carboxylic acids is 3. The van der Waals surface area contributed by atoms with Gasteiger partial charge in [-0.05, 0) is 71.5 Å². The Bertz CT molecular complexity index is 1630. The van der Waals surface area contributed by atoms with Crippen molar-refractivity contribution in [2.75, 3.05) is 11.5 Å². The first-order chi connectivity index (χ1) is 19.0. The number of barbiturate groups is 1. The van der Waals surface area contributed by atoms with Gasteiger partial charge in [0.25, 0.3) is 17.5 Å². The lowest BCUT2D eigenvalue weighted by Gasteiger charge is -2.27. The van der Waals surface area contributed by atoms with Gasteiger partial charge in [0.05, 0.1) is 36.8 Å². The number of nitro benzene ring substituents is 2. The van der Waals surface area contributed by atoms with Crippen LogP contribution < -0.4 is 19.7 Å². The quantitative estimate of drug-likeness (QED) is 0.104. The number of anilines is 1. The van der Waals surface area contributed by atoms with E-state index in [-0.39, 0.29) is 40.1 Å². The van der Waals surface area contributed by atoms with Crippen molar-refractivity contribution in [2.45, 2.75) is 6.92 Å². The van der Waals surface area contributed by atoms with Crippen LogP contribution in [0.15, 0.2) is 60.2 Å². The molecule has 4 rings (SSSR count). The van der Waals surface area contributed by atoms with E-state index in [9.17, 15) is 34.6 Å². The maximum absolute atomic E-state index is 13.2. The molecule has 1 fully saturated rings. The summed E-state index contributed by atoms with van der Waals surface area (Å²) in [7, 11) is 0. The zero-order valence-electron chi connectivity index (χ0n) is 20.3. The molecule has 0 bridgehead atoms. The highest BCUT2D eigenvalue weighted by molar-refractivity contribution is 14.1. The SMILES string of the molecule is CCOc1cc(/C=C2\C(=O)NC(=O)N(c3ccccc3Cl)C2=O)cc(I)c1Oc1ccc([N+](=O)[O-])cc1[N+](=O)[O-]. The number of hydrogen-bond donors (Lipinski definition) is 1. The summed E-state index contributed by atoms with van der Waals surface area (Å²) < 4.78 is 11.8. The molecule has 0 radical (unpaired) electrons. The normalized spacial score (nSPS) is 14.2. The molecule has 13 nitrogen and oxygen atoms in total. The number of ether oxygens (including phenoxy) is 2. The molecule has 1 saturated heterocycles. The minimum Gasteiger partial charge on any atom is -0.490 e. The molecule has 0 aliphatic carbocycles. The maximum atomic E-state index is 13.2. The fraction of sp³-hybridized carbons (Fsp3) is 0.0800. The summed E-state index contributed by atoms with van der Waals surface area (Å²) >= 11 is 8.03. The number of rotatable bonds is 8. The van der Waals surface area contributed by atoms with Crippen LogP contribution in [0.2, 0.25) is 5.02 Å². The molecule has 40 heavy (non-hydrogen) atoms. The van der Waals surface area contributed by atoms with E-state index in [2.05, 4.69) is 5.32 Å². The van der Waals surface area contributed by atoms with Crippen molar-refractivity contribution in [1.29, 1.82) is 0 Å². The number of hydrogen-bond acceptors (Lipinski definition) is 9. The van der Waals surface area contributed by atoms with Crippen LogP contribution in [-0.4, -0.2) is 34.3 Å². The number of nitrogens with zero attached hydrogens (tertiary/aromatic N) is 3. The second kappa shape index (κ2) is 11.7. The van der Waals surface area contributed by atoms with E-state index in [0.717, 1.165) is 23.1 Å². The first kappa shape index (κ1) is 28.4. The first-order valence-corrected chi connectivity index (χ1v) is 12.7. The molecule has 1 aliphatic rings. The molecule has 0 spiro atoms. The summed E-state index contributed by atoms with van der Waals surface area (Å²) in [5, 5.41) is 24.8. The number of benzene rings is 3. The number of carbonyl (C=O) groups is 3. The number of urea groups is 1. The molecular weight excluding hydrogens is 663 g/mol. The monoisotopic (exact) mass is 678 g/mol. The zero-order valence-corrected chi connectivity index (χ0v) is 23.2. The lowest BCUT2D eigenvalue weighted by molar-refractivity contribution is -0.394. The third kappa shape index (κ3) is 5.72. The van der Waals surface area contributed by atoms with Gasteiger partial charge in [-0.3, -0.25) is 35.1 Å². The number of imide groups is 2. The van der Waals surface area contributed by atoms with Crippen molar-refractivity contribution in [3.63, 3.8) is 0 Å². The maximum Gasteiger partial charge on any atom is 0.335 e. The first-order valence-electron chi connectivity index (χ1n) is 11.2. The lowest BCUT2D eigenvalue weighted by Crippen LogP contribution is -2.54. The van der Waals surface area contributed by atoms with Crippen LogP contribution in [0, 0.1) is 23.8 Å². The Morgan fingerprint density at radius 2 is 1.75 bits per heavy atom. The van der Waals surface area contributed by atoms with Crippen LogP contribution in [0.4, 0.5) is 21.9 Å². The van der Waals surface area contributed by atoms with Crippen LogP contribution in [0.25, 0.3) is 6.08 Å². The van der Waals surface area contributed by atoms with Crippen LogP contribution in [0.1, 0.15) is 12.5 Å². The summed E-state index contributed by atoms with van der Waals surface area (Å²) in [5.74, 6) is -1.92. The Morgan fingerprint density at radius 1 is 1.02 bits per heavy atom. The molecule has 204 valence electrons. The van der Waals surface area contributed by atoms with Gasteiger partial charge in [0, 0.05) is 6.07 Å². The van der Waals surface area contributed by atoms with E-state index < -0.39 is 39.1 Å². The molecule has 0 saturated carbocycles. The number of para-hydroxylation sites is 1. The molecule has 15 heteroatoms. The van der Waals surface area contributed by atoms with Crippen molar-refractivity contribution >= 4 is 75.2 Å². The van der Waals surface area contributed by atoms with Gasteiger partial charge >= 0.3 is 11.7 Å². The van der Waals surface area contributed by atoms with Crippen LogP contribution in [0.5, 0.6) is 17.2 Å². The highest BCUT2D eigenvalue weighted by Crippen LogP contribution is 2.42. The number of halogens is 2. The summed E-state index contributed by atoms with van der Waals surface area (Å²) in [5.41, 5.74) is -1.08. The molecule has 1 heterocycles. The third-order valence-corrected chi connectivity index (χ3v) is 6.52. The van der Waals surface area contributed by atoms with Gasteiger partial charge in [0.15, 0.2) is 11.5 Å². The second-order valence-electron chi connectivity index (χ2n) is 7.94. The Morgan fingerprint density at radius 3 is 2.40 bits per heavy atom. The third-order valence-electron chi connectivity index (χ3n) is 5.40. The Labute approximate surface area is 243 Å². The number of amides is 4. The van der Waals surface area contributed by atoms with Crippen molar-refractivity contribution in [1.82, 2.24) is 5.32 Å². The van der Waals surface area contributed by atoms with Gasteiger partial charge in [-0.15, -0.1) is 0 Å². The van der Waals surface area contributed by atoms with Crippen LogP contribution in [-0.2, 0) is 9.59 Å². The average molecular weight is 679 g/mol. The summed E-state index contributed by atoms with van der Waals surface area (Å²) in [4.78, 5) is 60.1. The van der Waals surface area contributed by atoms with E-state index in [1.54, 1.807) is 19.1 Å². The minimum absolute atomic E-state index is 0.0637. The summed E-state index contributed by atoms with van der Waals surface area (Å²) in [6.45, 7) is 1.84. The minimum atomic E-state index is -0.960. The van der Waals surface area contributed by atoms with E-state index >= 15 is 0 Å². The lowest BCUT2D eigenvalue weighted by atomic mass is 10.1. The summed E-state index contributed by atoms with van der Waals surface area (Å²) in [6, 6.07) is 11.1. The Balaban J connectivity index is 1.75. The largest absolute Gasteiger partial charge is 0.490 e. The molecular formula is C25H16ClIN4O9. The number of nitro groups is 2. The molecule has 3 aromatic carbocycles. The van der Waals surface area contributed by atoms with Gasteiger partial charge in [0.1, 0.15) is 5.57 Å². The molecule has 4 amide bonds. The van der Waals surface area contributed by atoms with Gasteiger partial charge in [-0.1, -0.05) is 23.7 Å². The van der Waals surface area contributed by atoms with Gasteiger partial charge in [-0.25, -0.2) is 9.69 Å². The topological polar surface area (TPSA) is 171 Å². The Kier molecular flexibility index (Phi) is 8.29. The fourth-order valence-electron chi connectivity index (χ4n) is 3.67. The van der Waals surface area contributed by atoms with Crippen LogP contribution >= 0.6 is 34.2 Å². The molecule has 1 N–H and O–H groups in total. The van der Waals surface area contributed by atoms with Gasteiger partial charge in [-0.2, -0.15) is 0 Å². The van der Waals surface area contributed by atoms with Crippen molar-refractivity contribution in [3.8, 4) is 17.2 Å². The highest BCUT2D eigenvalue weighted by Gasteiger charge is 2.37. The molecule has 0 unspecified atom stereocenters.